The van der Waals surface area contributed by atoms with E-state index in [-0.39, 0.29) is 11.6 Å². The molecular formula is C14H18FNO4S. The smallest absolute Gasteiger partial charge is 0.335 e. The Labute approximate surface area is 123 Å². The largest absolute Gasteiger partial charge is 0.478 e. The molecule has 1 saturated carbocycles. The standard InChI is InChI=1S/C14H18FNO4S/c1-2-11(7-9-3-4-9)16-21(19,20)13-6-5-10(14(17)18)8-12(13)15/h5-6,8-9,11,16H,2-4,7H2,1H3,(H,17,18). The topological polar surface area (TPSA) is 83.5 Å². The Hall–Kier alpha value is -1.47. The first-order chi connectivity index (χ1) is 9.83. The Balaban J connectivity index is 2.19. The number of hydrogen-bond donors (Lipinski definition) is 2. The van der Waals surface area contributed by atoms with Crippen LogP contribution in [-0.4, -0.2) is 25.5 Å². The Morgan fingerprint density at radius 2 is 2.14 bits per heavy atom. The van der Waals surface area contributed by atoms with Gasteiger partial charge in [-0.15, -0.1) is 0 Å². The minimum atomic E-state index is -3.98. The molecule has 1 unspecified atom stereocenters. The lowest BCUT2D eigenvalue weighted by Crippen LogP contribution is -2.35. The van der Waals surface area contributed by atoms with Gasteiger partial charge in [0.25, 0.3) is 0 Å². The van der Waals surface area contributed by atoms with Crippen molar-refractivity contribution in [3.8, 4) is 0 Å². The molecule has 0 aliphatic heterocycles. The molecule has 0 bridgehead atoms. The van der Waals surface area contributed by atoms with Gasteiger partial charge in [-0.3, -0.25) is 0 Å². The van der Waals surface area contributed by atoms with Gasteiger partial charge in [-0.1, -0.05) is 19.8 Å². The maximum absolute atomic E-state index is 13.9. The van der Waals surface area contributed by atoms with Crippen molar-refractivity contribution in [1.82, 2.24) is 4.72 Å². The van der Waals surface area contributed by atoms with Gasteiger partial charge in [-0.05, 0) is 37.0 Å². The highest BCUT2D eigenvalue weighted by Gasteiger charge is 2.28. The molecule has 21 heavy (non-hydrogen) atoms. The fraction of sp³-hybridized carbons (Fsp3) is 0.500. The van der Waals surface area contributed by atoms with Crippen LogP contribution in [0, 0.1) is 11.7 Å². The molecule has 1 aromatic carbocycles. The summed E-state index contributed by atoms with van der Waals surface area (Å²) in [5, 5.41) is 8.76. The fourth-order valence-corrected chi connectivity index (χ4v) is 3.58. The van der Waals surface area contributed by atoms with Crippen LogP contribution < -0.4 is 4.72 Å². The minimum absolute atomic E-state index is 0.221. The highest BCUT2D eigenvalue weighted by Crippen LogP contribution is 2.34. The second-order valence-electron chi connectivity index (χ2n) is 5.36. The van der Waals surface area contributed by atoms with Gasteiger partial charge >= 0.3 is 5.97 Å². The summed E-state index contributed by atoms with van der Waals surface area (Å²) in [6, 6.07) is 2.58. The van der Waals surface area contributed by atoms with Crippen LogP contribution >= 0.6 is 0 Å². The van der Waals surface area contributed by atoms with Crippen LogP contribution in [0.4, 0.5) is 4.39 Å². The number of sulfonamides is 1. The molecule has 1 atom stereocenters. The van der Waals surface area contributed by atoms with Gasteiger partial charge in [0.1, 0.15) is 10.7 Å². The molecule has 1 aliphatic carbocycles. The van der Waals surface area contributed by atoms with E-state index in [2.05, 4.69) is 4.72 Å². The quantitative estimate of drug-likeness (QED) is 0.809. The number of halogens is 1. The number of benzene rings is 1. The molecule has 116 valence electrons. The molecular weight excluding hydrogens is 297 g/mol. The SMILES string of the molecule is CCC(CC1CC1)NS(=O)(=O)c1ccc(C(=O)O)cc1F. The highest BCUT2D eigenvalue weighted by atomic mass is 32.2. The van der Waals surface area contributed by atoms with Gasteiger partial charge in [0.15, 0.2) is 0 Å². The maximum atomic E-state index is 13.9. The van der Waals surface area contributed by atoms with Crippen LogP contribution in [0.1, 0.15) is 43.0 Å². The third-order valence-corrected chi connectivity index (χ3v) is 5.15. The second-order valence-corrected chi connectivity index (χ2v) is 7.04. The summed E-state index contributed by atoms with van der Waals surface area (Å²) in [5.74, 6) is -1.80. The van der Waals surface area contributed by atoms with E-state index in [1.807, 2.05) is 6.92 Å². The Kier molecular flexibility index (Phi) is 4.63. The molecule has 7 heteroatoms. The number of carboxylic acids is 1. The molecule has 0 radical (unpaired) electrons. The van der Waals surface area contributed by atoms with Crippen molar-refractivity contribution in [2.75, 3.05) is 0 Å². The summed E-state index contributed by atoms with van der Waals surface area (Å²) in [7, 11) is -3.98. The van der Waals surface area contributed by atoms with Crippen molar-refractivity contribution in [2.45, 2.75) is 43.5 Å². The normalized spacial score (nSPS) is 16.7. The van der Waals surface area contributed by atoms with Gasteiger partial charge in [-0.2, -0.15) is 0 Å². The first kappa shape index (κ1) is 15.9. The molecule has 1 aliphatic rings. The van der Waals surface area contributed by atoms with Gasteiger partial charge in [0.05, 0.1) is 5.56 Å². The van der Waals surface area contributed by atoms with Crippen LogP contribution in [0.15, 0.2) is 23.1 Å². The molecule has 0 aromatic heterocycles. The molecule has 0 spiro atoms. The Bertz CT molecular complexity index is 640. The molecule has 1 fully saturated rings. The minimum Gasteiger partial charge on any atom is -0.478 e. The number of nitrogens with one attached hydrogen (secondary N) is 1. The predicted molar refractivity (Wildman–Crippen MR) is 75.1 cm³/mol. The van der Waals surface area contributed by atoms with Gasteiger partial charge < -0.3 is 5.11 Å². The van der Waals surface area contributed by atoms with Crippen molar-refractivity contribution in [1.29, 1.82) is 0 Å². The number of rotatable bonds is 7. The van der Waals surface area contributed by atoms with Crippen molar-refractivity contribution < 1.29 is 22.7 Å². The van der Waals surface area contributed by atoms with Crippen LogP contribution in [0.2, 0.25) is 0 Å². The van der Waals surface area contributed by atoms with Gasteiger partial charge in [-0.25, -0.2) is 22.3 Å². The van der Waals surface area contributed by atoms with E-state index in [0.717, 1.165) is 37.5 Å². The molecule has 1 aromatic rings. The molecule has 2 N–H and O–H groups in total. The van der Waals surface area contributed by atoms with Crippen LogP contribution in [0.5, 0.6) is 0 Å². The van der Waals surface area contributed by atoms with Gasteiger partial charge in [0, 0.05) is 6.04 Å². The summed E-state index contributed by atoms with van der Waals surface area (Å²) in [6.45, 7) is 1.87. The van der Waals surface area contributed by atoms with E-state index in [1.165, 1.54) is 0 Å². The number of aromatic carboxylic acids is 1. The molecule has 0 heterocycles. The fourth-order valence-electron chi connectivity index (χ4n) is 2.19. The van der Waals surface area contributed by atoms with Crippen LogP contribution in [0.25, 0.3) is 0 Å². The third-order valence-electron chi connectivity index (χ3n) is 3.60. The van der Waals surface area contributed by atoms with Crippen LogP contribution in [0.3, 0.4) is 0 Å². The molecule has 0 amide bonds. The van der Waals surface area contributed by atoms with E-state index >= 15 is 0 Å². The summed E-state index contributed by atoms with van der Waals surface area (Å²) < 4.78 is 40.8. The summed E-state index contributed by atoms with van der Waals surface area (Å²) in [4.78, 5) is 10.2. The molecule has 5 nitrogen and oxygen atoms in total. The van der Waals surface area contributed by atoms with Crippen molar-refractivity contribution in [3.05, 3.63) is 29.6 Å². The second kappa shape index (κ2) is 6.11. The number of carbonyl (C=O) groups is 1. The first-order valence-corrected chi connectivity index (χ1v) is 8.37. The van der Waals surface area contributed by atoms with Crippen molar-refractivity contribution in [3.63, 3.8) is 0 Å². The van der Waals surface area contributed by atoms with E-state index in [4.69, 9.17) is 5.11 Å². The molecule has 2 rings (SSSR count). The lowest BCUT2D eigenvalue weighted by atomic mass is 10.1. The zero-order valence-corrected chi connectivity index (χ0v) is 12.5. The Morgan fingerprint density at radius 3 is 2.62 bits per heavy atom. The van der Waals surface area contributed by atoms with E-state index in [1.54, 1.807) is 0 Å². The summed E-state index contributed by atoms with van der Waals surface area (Å²) >= 11 is 0. The zero-order chi connectivity index (χ0) is 15.6. The average Bonchev–Trinajstić information content (AvgIpc) is 3.21. The van der Waals surface area contributed by atoms with Crippen LogP contribution in [-0.2, 0) is 10.0 Å². The van der Waals surface area contributed by atoms with Crippen molar-refractivity contribution in [2.24, 2.45) is 5.92 Å². The number of hydrogen-bond acceptors (Lipinski definition) is 3. The number of carboxylic acid groups (broad SMARTS) is 1. The third kappa shape index (κ3) is 4.01. The maximum Gasteiger partial charge on any atom is 0.335 e. The molecule has 0 saturated heterocycles. The highest BCUT2D eigenvalue weighted by molar-refractivity contribution is 7.89. The van der Waals surface area contributed by atoms with E-state index in [9.17, 15) is 17.6 Å². The zero-order valence-electron chi connectivity index (χ0n) is 11.7. The summed E-state index contributed by atoms with van der Waals surface area (Å²) in [6.07, 6.45) is 3.61. The Morgan fingerprint density at radius 1 is 1.48 bits per heavy atom. The summed E-state index contributed by atoms with van der Waals surface area (Å²) in [5.41, 5.74) is -0.281. The average molecular weight is 315 g/mol. The van der Waals surface area contributed by atoms with Gasteiger partial charge in [0.2, 0.25) is 10.0 Å². The van der Waals surface area contributed by atoms with E-state index in [0.29, 0.717) is 12.3 Å². The lowest BCUT2D eigenvalue weighted by molar-refractivity contribution is 0.0696. The first-order valence-electron chi connectivity index (χ1n) is 6.88. The monoisotopic (exact) mass is 315 g/mol. The lowest BCUT2D eigenvalue weighted by Gasteiger charge is -2.17. The van der Waals surface area contributed by atoms with Crippen molar-refractivity contribution >= 4 is 16.0 Å². The predicted octanol–water partition coefficient (Wildman–Crippen LogP) is 2.38. The van der Waals surface area contributed by atoms with E-state index < -0.39 is 26.7 Å².